The smallest absolute Gasteiger partial charge is 0.287 e. The Morgan fingerprint density at radius 3 is 2.36 bits per heavy atom. The molecule has 0 saturated heterocycles. The number of halogens is 9. The summed E-state index contributed by atoms with van der Waals surface area (Å²) >= 11 is 0. The van der Waals surface area contributed by atoms with Gasteiger partial charge in [-0.3, -0.25) is 15.1 Å². The van der Waals surface area contributed by atoms with Crippen molar-refractivity contribution in [3.8, 4) is 6.07 Å². The van der Waals surface area contributed by atoms with Crippen LogP contribution in [0.5, 0.6) is 0 Å². The number of hydrogen-bond acceptors (Lipinski definition) is 6. The standard InChI is InChI=1S/C17H9F9N6O/c18-15(19,20)9-3-8(2-1-7(9)5-27)28-6-10-11-4-12(16(21,22)23)31-32(11)14(29-10)30-13(33)17(24,25)26/h1-3,6,10-11H,4H2,(H,29,30,33). The van der Waals surface area contributed by atoms with Crippen molar-refractivity contribution < 1.29 is 44.3 Å². The number of nitrogens with one attached hydrogen (secondary N) is 1. The Kier molecular flexibility index (Phi) is 5.86. The average molecular weight is 484 g/mol. The number of carbonyl (C=O) groups excluding carboxylic acids is 1. The molecule has 0 aliphatic carbocycles. The Morgan fingerprint density at radius 1 is 1.15 bits per heavy atom. The number of benzene rings is 1. The molecule has 2 atom stereocenters. The van der Waals surface area contributed by atoms with Crippen LogP contribution in [0.2, 0.25) is 0 Å². The quantitative estimate of drug-likeness (QED) is 0.513. The van der Waals surface area contributed by atoms with Crippen molar-refractivity contribution in [1.82, 2.24) is 10.3 Å². The first kappa shape index (κ1) is 24.0. The van der Waals surface area contributed by atoms with Crippen LogP contribution in [-0.4, -0.2) is 53.2 Å². The minimum absolute atomic E-state index is 0.342. The van der Waals surface area contributed by atoms with Crippen molar-refractivity contribution in [2.75, 3.05) is 0 Å². The summed E-state index contributed by atoms with van der Waals surface area (Å²) in [5.74, 6) is -3.43. The van der Waals surface area contributed by atoms with Crippen LogP contribution in [0.25, 0.3) is 0 Å². The highest BCUT2D eigenvalue weighted by molar-refractivity contribution is 6.04. The normalized spacial score (nSPS) is 21.0. The molecular weight excluding hydrogens is 475 g/mol. The number of hydrazone groups is 1. The van der Waals surface area contributed by atoms with Crippen molar-refractivity contribution in [3.63, 3.8) is 0 Å². The molecular formula is C17H9F9N6O. The van der Waals surface area contributed by atoms with Crippen molar-refractivity contribution in [3.05, 3.63) is 29.3 Å². The third-order valence-corrected chi connectivity index (χ3v) is 4.44. The summed E-state index contributed by atoms with van der Waals surface area (Å²) in [4.78, 5) is 18.6. The second-order valence-corrected chi connectivity index (χ2v) is 6.67. The molecule has 1 amide bonds. The molecule has 1 aromatic carbocycles. The number of rotatable bonds is 2. The number of nitrogens with zero attached hydrogens (tertiary/aromatic N) is 5. The van der Waals surface area contributed by atoms with Crippen LogP contribution >= 0.6 is 0 Å². The molecule has 1 aromatic rings. The van der Waals surface area contributed by atoms with Crippen LogP contribution in [-0.2, 0) is 11.0 Å². The Balaban J connectivity index is 1.92. The van der Waals surface area contributed by atoms with E-state index in [9.17, 15) is 44.3 Å². The van der Waals surface area contributed by atoms with Gasteiger partial charge in [0.2, 0.25) is 5.96 Å². The molecule has 16 heteroatoms. The van der Waals surface area contributed by atoms with Crippen LogP contribution in [0.4, 0.5) is 45.2 Å². The highest BCUT2D eigenvalue weighted by Gasteiger charge is 2.50. The van der Waals surface area contributed by atoms with E-state index >= 15 is 0 Å². The third-order valence-electron chi connectivity index (χ3n) is 4.44. The van der Waals surface area contributed by atoms with E-state index < -0.39 is 65.7 Å². The van der Waals surface area contributed by atoms with E-state index in [1.807, 2.05) is 0 Å². The minimum Gasteiger partial charge on any atom is -0.287 e. The van der Waals surface area contributed by atoms with Gasteiger partial charge in [0, 0.05) is 12.6 Å². The number of hydrogen-bond donors (Lipinski definition) is 1. The Hall–Kier alpha value is -3.64. The van der Waals surface area contributed by atoms with E-state index in [1.54, 1.807) is 0 Å². The van der Waals surface area contributed by atoms with Crippen molar-refractivity contribution in [2.24, 2.45) is 15.1 Å². The van der Waals surface area contributed by atoms with Crippen LogP contribution in [0.1, 0.15) is 17.5 Å². The van der Waals surface area contributed by atoms with Crippen LogP contribution in [0, 0.1) is 11.3 Å². The largest absolute Gasteiger partial charge is 0.471 e. The predicted molar refractivity (Wildman–Crippen MR) is 93.5 cm³/mol. The summed E-state index contributed by atoms with van der Waals surface area (Å²) < 4.78 is 116. The summed E-state index contributed by atoms with van der Waals surface area (Å²) in [6.07, 6.45) is -15.2. The highest BCUT2D eigenvalue weighted by Crippen LogP contribution is 2.35. The van der Waals surface area contributed by atoms with Gasteiger partial charge in [0.25, 0.3) is 0 Å². The molecule has 0 fully saturated rings. The summed E-state index contributed by atoms with van der Waals surface area (Å²) in [6, 6.07) is 1.02. The lowest BCUT2D eigenvalue weighted by atomic mass is 10.0. The van der Waals surface area contributed by atoms with E-state index in [1.165, 1.54) is 11.4 Å². The zero-order valence-corrected chi connectivity index (χ0v) is 15.7. The number of guanidine groups is 1. The van der Waals surface area contributed by atoms with Gasteiger partial charge in [0.1, 0.15) is 11.8 Å². The molecule has 0 bridgehead atoms. The number of nitriles is 1. The lowest BCUT2D eigenvalue weighted by molar-refractivity contribution is -0.172. The second kappa shape index (κ2) is 8.05. The minimum atomic E-state index is -5.36. The molecule has 33 heavy (non-hydrogen) atoms. The number of carbonyl (C=O) groups is 1. The Bertz CT molecular complexity index is 1090. The van der Waals surface area contributed by atoms with E-state index in [4.69, 9.17) is 5.26 Å². The third kappa shape index (κ3) is 5.07. The molecule has 0 spiro atoms. The molecule has 2 heterocycles. The summed E-state index contributed by atoms with van der Waals surface area (Å²) in [5, 5.41) is 13.7. The SMILES string of the molecule is N#Cc1ccc(N=CC2N=C(NC(=O)C(F)(F)F)N3N=C(C(F)(F)F)CC23)cc1C(F)(F)F. The predicted octanol–water partition coefficient (Wildman–Crippen LogP) is 3.69. The highest BCUT2D eigenvalue weighted by atomic mass is 19.4. The molecule has 0 aromatic heterocycles. The molecule has 0 radical (unpaired) electrons. The van der Waals surface area contributed by atoms with E-state index in [-0.39, 0.29) is 5.69 Å². The number of amides is 1. The first-order valence-electron chi connectivity index (χ1n) is 8.66. The van der Waals surface area contributed by atoms with Crippen LogP contribution in [0.15, 0.2) is 33.3 Å². The van der Waals surface area contributed by atoms with Crippen LogP contribution < -0.4 is 5.32 Å². The summed E-state index contributed by atoms with van der Waals surface area (Å²) in [5.41, 5.74) is -3.69. The maximum Gasteiger partial charge on any atom is 0.471 e. The number of aliphatic imine (C=N–C) groups is 2. The van der Waals surface area contributed by atoms with Gasteiger partial charge in [-0.1, -0.05) is 0 Å². The van der Waals surface area contributed by atoms with Gasteiger partial charge in [0.15, 0.2) is 0 Å². The van der Waals surface area contributed by atoms with E-state index in [0.717, 1.165) is 18.3 Å². The zero-order valence-electron chi connectivity index (χ0n) is 15.7. The first-order valence-corrected chi connectivity index (χ1v) is 8.66. The van der Waals surface area contributed by atoms with Crippen molar-refractivity contribution in [2.45, 2.75) is 37.0 Å². The molecule has 176 valence electrons. The summed E-state index contributed by atoms with van der Waals surface area (Å²) in [7, 11) is 0. The van der Waals surface area contributed by atoms with E-state index in [2.05, 4.69) is 15.1 Å². The molecule has 7 nitrogen and oxygen atoms in total. The number of alkyl halides is 9. The second-order valence-electron chi connectivity index (χ2n) is 6.67. The Labute approximate surface area is 177 Å². The first-order chi connectivity index (χ1) is 15.1. The van der Waals surface area contributed by atoms with E-state index in [0.29, 0.717) is 11.1 Å². The molecule has 2 unspecified atom stereocenters. The lowest BCUT2D eigenvalue weighted by Crippen LogP contribution is -2.46. The maximum atomic E-state index is 13.1. The van der Waals surface area contributed by atoms with Gasteiger partial charge in [-0.2, -0.15) is 49.9 Å². The topological polar surface area (TPSA) is 93.2 Å². The average Bonchev–Trinajstić information content (AvgIpc) is 3.25. The van der Waals surface area contributed by atoms with Crippen LogP contribution in [0.3, 0.4) is 0 Å². The van der Waals surface area contributed by atoms with Gasteiger partial charge >= 0.3 is 24.4 Å². The molecule has 3 rings (SSSR count). The fourth-order valence-electron chi connectivity index (χ4n) is 2.96. The van der Waals surface area contributed by atoms with Gasteiger partial charge in [-0.15, -0.1) is 0 Å². The fraction of sp³-hybridized carbons (Fsp3) is 0.353. The van der Waals surface area contributed by atoms with Gasteiger partial charge < -0.3 is 0 Å². The lowest BCUT2D eigenvalue weighted by Gasteiger charge is -2.18. The monoisotopic (exact) mass is 484 g/mol. The van der Waals surface area contributed by atoms with Gasteiger partial charge in [-0.25, -0.2) is 10.0 Å². The molecule has 1 N–H and O–H groups in total. The molecule has 0 saturated carbocycles. The van der Waals surface area contributed by atoms with Crippen molar-refractivity contribution >= 4 is 29.5 Å². The Morgan fingerprint density at radius 2 is 1.82 bits per heavy atom. The van der Waals surface area contributed by atoms with Gasteiger partial charge in [-0.05, 0) is 18.2 Å². The molecule has 2 aliphatic rings. The van der Waals surface area contributed by atoms with Gasteiger partial charge in [0.05, 0.1) is 28.9 Å². The van der Waals surface area contributed by atoms with Crippen molar-refractivity contribution in [1.29, 1.82) is 5.26 Å². The zero-order chi connectivity index (χ0) is 24.8. The fourth-order valence-corrected chi connectivity index (χ4v) is 2.96. The summed E-state index contributed by atoms with van der Waals surface area (Å²) in [6.45, 7) is 0. The maximum absolute atomic E-state index is 13.1. The number of fused-ring (bicyclic) bond motifs is 1. The molecule has 2 aliphatic heterocycles.